The van der Waals surface area contributed by atoms with Gasteiger partial charge in [0.25, 0.3) is 5.91 Å². The summed E-state index contributed by atoms with van der Waals surface area (Å²) in [6, 6.07) is 0. The maximum atomic E-state index is 11.7. The van der Waals surface area contributed by atoms with Crippen LogP contribution in [0.3, 0.4) is 0 Å². The van der Waals surface area contributed by atoms with Crippen molar-refractivity contribution in [3.05, 3.63) is 0 Å². The number of ether oxygens (including phenoxy) is 4. The van der Waals surface area contributed by atoms with Crippen LogP contribution in [-0.2, 0) is 28.5 Å². The predicted molar refractivity (Wildman–Crippen MR) is 88.6 cm³/mol. The Hall–Kier alpha value is -1.18. The summed E-state index contributed by atoms with van der Waals surface area (Å²) in [7, 11) is 0. The first kappa shape index (κ1) is 20.9. The van der Waals surface area contributed by atoms with E-state index in [9.17, 15) is 9.59 Å². The van der Waals surface area contributed by atoms with Crippen LogP contribution in [0.1, 0.15) is 40.0 Å². The zero-order valence-electron chi connectivity index (χ0n) is 15.0. The molecular weight excluding hydrogens is 314 g/mol. The van der Waals surface area contributed by atoms with Gasteiger partial charge in [-0.1, -0.05) is 13.8 Å². The normalized spacial score (nSPS) is 18.6. The minimum absolute atomic E-state index is 0.0569. The van der Waals surface area contributed by atoms with Gasteiger partial charge in [-0.25, -0.2) is 4.79 Å². The van der Waals surface area contributed by atoms with Crippen molar-refractivity contribution < 1.29 is 28.5 Å². The van der Waals surface area contributed by atoms with E-state index in [0.717, 1.165) is 32.5 Å². The molecule has 2 unspecified atom stereocenters. The van der Waals surface area contributed by atoms with Crippen LogP contribution in [0, 0.1) is 5.92 Å². The molecule has 24 heavy (non-hydrogen) atoms. The quantitative estimate of drug-likeness (QED) is 0.424. The minimum Gasteiger partial charge on any atom is -0.454 e. The largest absolute Gasteiger partial charge is 0.454 e. The molecule has 2 atom stereocenters. The number of hydrogen-bond donors (Lipinski definition) is 1. The highest BCUT2D eigenvalue weighted by molar-refractivity contribution is 5.81. The van der Waals surface area contributed by atoms with Crippen molar-refractivity contribution in [2.75, 3.05) is 39.6 Å². The first-order chi connectivity index (χ1) is 11.5. The van der Waals surface area contributed by atoms with Crippen molar-refractivity contribution in [1.29, 1.82) is 0 Å². The maximum Gasteiger partial charge on any atom is 0.335 e. The lowest BCUT2D eigenvalue weighted by Gasteiger charge is -2.15. The third-order valence-corrected chi connectivity index (χ3v) is 3.47. The van der Waals surface area contributed by atoms with Crippen LogP contribution in [0.25, 0.3) is 0 Å². The van der Waals surface area contributed by atoms with Gasteiger partial charge in [0.05, 0.1) is 12.7 Å². The molecule has 0 aromatic heterocycles. The summed E-state index contributed by atoms with van der Waals surface area (Å²) in [5.41, 5.74) is 0. The SMILES string of the molecule is CC(C)COCCCNC(=O)COC(=O)C(C)OCC1CCCO1. The topological polar surface area (TPSA) is 83.1 Å². The van der Waals surface area contributed by atoms with Crippen molar-refractivity contribution in [2.45, 2.75) is 52.2 Å². The highest BCUT2D eigenvalue weighted by atomic mass is 16.6. The summed E-state index contributed by atoms with van der Waals surface area (Å²) in [5.74, 6) is -0.356. The molecule has 1 N–H and O–H groups in total. The van der Waals surface area contributed by atoms with Gasteiger partial charge in [0, 0.05) is 26.4 Å². The molecule has 0 bridgehead atoms. The fourth-order valence-electron chi connectivity index (χ4n) is 2.12. The molecule has 1 rings (SSSR count). The number of hydrogen-bond acceptors (Lipinski definition) is 6. The van der Waals surface area contributed by atoms with E-state index >= 15 is 0 Å². The molecule has 1 heterocycles. The fraction of sp³-hybridized carbons (Fsp3) is 0.882. The average molecular weight is 345 g/mol. The van der Waals surface area contributed by atoms with Gasteiger partial charge < -0.3 is 24.3 Å². The molecule has 7 heteroatoms. The Labute approximate surface area is 144 Å². The van der Waals surface area contributed by atoms with Crippen LogP contribution >= 0.6 is 0 Å². The lowest BCUT2D eigenvalue weighted by atomic mass is 10.2. The number of nitrogens with one attached hydrogen (secondary N) is 1. The van der Waals surface area contributed by atoms with E-state index in [1.807, 2.05) is 0 Å². The molecule has 7 nitrogen and oxygen atoms in total. The summed E-state index contributed by atoms with van der Waals surface area (Å²) in [4.78, 5) is 23.3. The Morgan fingerprint density at radius 3 is 2.75 bits per heavy atom. The first-order valence-electron chi connectivity index (χ1n) is 8.73. The Balaban J connectivity index is 2.00. The highest BCUT2D eigenvalue weighted by Gasteiger charge is 2.21. The molecule has 1 aliphatic heterocycles. The second-order valence-corrected chi connectivity index (χ2v) is 6.39. The fourth-order valence-corrected chi connectivity index (χ4v) is 2.12. The number of carbonyl (C=O) groups excluding carboxylic acids is 2. The minimum atomic E-state index is -0.702. The van der Waals surface area contributed by atoms with E-state index in [4.69, 9.17) is 18.9 Å². The Kier molecular flexibility index (Phi) is 10.6. The summed E-state index contributed by atoms with van der Waals surface area (Å²) in [6.07, 6.45) is 2.06. The van der Waals surface area contributed by atoms with Crippen LogP contribution < -0.4 is 5.32 Å². The molecule has 0 radical (unpaired) electrons. The van der Waals surface area contributed by atoms with Gasteiger partial charge in [0.1, 0.15) is 0 Å². The number of esters is 1. The average Bonchev–Trinajstić information content (AvgIpc) is 3.06. The number of amides is 1. The smallest absolute Gasteiger partial charge is 0.335 e. The summed E-state index contributed by atoms with van der Waals surface area (Å²) in [5, 5.41) is 2.68. The van der Waals surface area contributed by atoms with Gasteiger partial charge in [0.2, 0.25) is 0 Å². The molecule has 1 saturated heterocycles. The maximum absolute atomic E-state index is 11.7. The van der Waals surface area contributed by atoms with Crippen molar-refractivity contribution in [3.8, 4) is 0 Å². The lowest BCUT2D eigenvalue weighted by molar-refractivity contribution is -0.160. The zero-order valence-corrected chi connectivity index (χ0v) is 15.0. The third kappa shape index (κ3) is 9.85. The predicted octanol–water partition coefficient (Wildman–Crippen LogP) is 1.29. The lowest BCUT2D eigenvalue weighted by Crippen LogP contribution is -2.33. The van der Waals surface area contributed by atoms with Crippen molar-refractivity contribution in [1.82, 2.24) is 5.32 Å². The monoisotopic (exact) mass is 345 g/mol. The molecule has 1 aliphatic rings. The zero-order chi connectivity index (χ0) is 17.8. The molecule has 1 fully saturated rings. The van der Waals surface area contributed by atoms with Crippen LogP contribution in [0.5, 0.6) is 0 Å². The Morgan fingerprint density at radius 1 is 1.29 bits per heavy atom. The Bertz CT molecular complexity index is 368. The van der Waals surface area contributed by atoms with E-state index in [0.29, 0.717) is 25.7 Å². The molecule has 140 valence electrons. The molecular formula is C17H31NO6. The van der Waals surface area contributed by atoms with Crippen molar-refractivity contribution >= 4 is 11.9 Å². The van der Waals surface area contributed by atoms with Crippen LogP contribution in [0.4, 0.5) is 0 Å². The van der Waals surface area contributed by atoms with Crippen molar-refractivity contribution in [2.24, 2.45) is 5.92 Å². The molecule has 0 aromatic carbocycles. The molecule has 0 spiro atoms. The van der Waals surface area contributed by atoms with E-state index < -0.39 is 12.1 Å². The van der Waals surface area contributed by atoms with E-state index in [1.165, 1.54) is 0 Å². The third-order valence-electron chi connectivity index (χ3n) is 3.47. The van der Waals surface area contributed by atoms with Crippen LogP contribution in [0.2, 0.25) is 0 Å². The summed E-state index contributed by atoms with van der Waals surface area (Å²) >= 11 is 0. The second-order valence-electron chi connectivity index (χ2n) is 6.39. The standard InChI is InChI=1S/C17H31NO6/c1-13(2)10-21-8-5-7-18-16(19)12-24-17(20)14(3)23-11-15-6-4-9-22-15/h13-15H,4-12H2,1-3H3,(H,18,19). The van der Waals surface area contributed by atoms with Crippen LogP contribution in [-0.4, -0.2) is 63.7 Å². The van der Waals surface area contributed by atoms with Gasteiger partial charge in [-0.05, 0) is 32.1 Å². The van der Waals surface area contributed by atoms with E-state index in [-0.39, 0.29) is 18.6 Å². The molecule has 0 aromatic rings. The second kappa shape index (κ2) is 12.2. The van der Waals surface area contributed by atoms with Gasteiger partial charge in [0.15, 0.2) is 12.7 Å². The Morgan fingerprint density at radius 2 is 2.08 bits per heavy atom. The van der Waals surface area contributed by atoms with E-state index in [2.05, 4.69) is 19.2 Å². The molecule has 0 aliphatic carbocycles. The van der Waals surface area contributed by atoms with Gasteiger partial charge >= 0.3 is 5.97 Å². The van der Waals surface area contributed by atoms with Crippen molar-refractivity contribution in [3.63, 3.8) is 0 Å². The van der Waals surface area contributed by atoms with Gasteiger partial charge in [-0.15, -0.1) is 0 Å². The van der Waals surface area contributed by atoms with Gasteiger partial charge in [-0.3, -0.25) is 4.79 Å². The summed E-state index contributed by atoms with van der Waals surface area (Å²) in [6.45, 7) is 8.43. The molecule has 1 amide bonds. The number of rotatable bonds is 12. The van der Waals surface area contributed by atoms with Gasteiger partial charge in [-0.2, -0.15) is 0 Å². The summed E-state index contributed by atoms with van der Waals surface area (Å²) < 4.78 is 21.2. The highest BCUT2D eigenvalue weighted by Crippen LogP contribution is 2.12. The molecule has 0 saturated carbocycles. The number of carbonyl (C=O) groups is 2. The van der Waals surface area contributed by atoms with Crippen LogP contribution in [0.15, 0.2) is 0 Å². The van der Waals surface area contributed by atoms with E-state index in [1.54, 1.807) is 6.92 Å². The first-order valence-corrected chi connectivity index (χ1v) is 8.73.